The average molecular weight is 409 g/mol. The molecule has 1 fully saturated rings. The molecule has 1 aliphatic rings. The van der Waals surface area contributed by atoms with E-state index in [1.807, 2.05) is 39.0 Å². The minimum absolute atomic E-state index is 0.311. The van der Waals surface area contributed by atoms with E-state index in [1.165, 1.54) is 0 Å². The van der Waals surface area contributed by atoms with Crippen molar-refractivity contribution in [3.8, 4) is 5.75 Å². The van der Waals surface area contributed by atoms with Crippen molar-refractivity contribution in [2.45, 2.75) is 33.2 Å². The van der Waals surface area contributed by atoms with Gasteiger partial charge >= 0.3 is 6.03 Å². The SMILES string of the molecule is CCN(C(=O)CN1C(=O)NC(C)(c2ccc(OC)cc2)C1=O)c1cc(C)ccc1C. The van der Waals surface area contributed by atoms with Crippen molar-refractivity contribution in [3.05, 3.63) is 59.2 Å². The zero-order valence-corrected chi connectivity index (χ0v) is 18.0. The molecule has 1 unspecified atom stereocenters. The van der Waals surface area contributed by atoms with Crippen LogP contribution in [0.3, 0.4) is 0 Å². The molecule has 7 nitrogen and oxygen atoms in total. The van der Waals surface area contributed by atoms with Gasteiger partial charge in [-0.25, -0.2) is 4.79 Å². The first-order chi connectivity index (χ1) is 14.2. The predicted octanol–water partition coefficient (Wildman–Crippen LogP) is 3.13. The summed E-state index contributed by atoms with van der Waals surface area (Å²) in [5.74, 6) is -0.116. The maximum atomic E-state index is 13.1. The van der Waals surface area contributed by atoms with Crippen molar-refractivity contribution in [1.82, 2.24) is 10.2 Å². The van der Waals surface area contributed by atoms with Gasteiger partial charge in [0.25, 0.3) is 5.91 Å². The fourth-order valence-corrected chi connectivity index (χ4v) is 3.67. The summed E-state index contributed by atoms with van der Waals surface area (Å²) in [4.78, 5) is 41.4. The monoisotopic (exact) mass is 409 g/mol. The third-order valence-corrected chi connectivity index (χ3v) is 5.51. The first-order valence-corrected chi connectivity index (χ1v) is 9.87. The lowest BCUT2D eigenvalue weighted by Crippen LogP contribution is -2.44. The summed E-state index contributed by atoms with van der Waals surface area (Å²) < 4.78 is 5.15. The number of nitrogens with zero attached hydrogens (tertiary/aromatic N) is 2. The summed E-state index contributed by atoms with van der Waals surface area (Å²) in [7, 11) is 1.56. The molecule has 0 saturated carbocycles. The number of ether oxygens (including phenoxy) is 1. The van der Waals surface area contributed by atoms with E-state index >= 15 is 0 Å². The van der Waals surface area contributed by atoms with Crippen molar-refractivity contribution in [1.29, 1.82) is 0 Å². The highest BCUT2D eigenvalue weighted by Crippen LogP contribution is 2.30. The van der Waals surface area contributed by atoms with Crippen LogP contribution in [0.4, 0.5) is 10.5 Å². The zero-order valence-electron chi connectivity index (χ0n) is 18.0. The minimum Gasteiger partial charge on any atom is -0.497 e. The minimum atomic E-state index is -1.24. The molecule has 2 aromatic rings. The van der Waals surface area contributed by atoms with Crippen LogP contribution in [-0.4, -0.2) is 42.9 Å². The number of amides is 4. The molecule has 4 amide bonds. The Labute approximate surface area is 176 Å². The molecule has 2 aromatic carbocycles. The molecule has 30 heavy (non-hydrogen) atoms. The summed E-state index contributed by atoms with van der Waals surface area (Å²) in [6, 6.07) is 12.2. The van der Waals surface area contributed by atoms with E-state index in [0.29, 0.717) is 17.9 Å². The van der Waals surface area contributed by atoms with Crippen molar-refractivity contribution >= 4 is 23.5 Å². The Morgan fingerprint density at radius 1 is 1.13 bits per heavy atom. The van der Waals surface area contributed by atoms with Crippen LogP contribution in [-0.2, 0) is 15.1 Å². The number of hydrogen-bond acceptors (Lipinski definition) is 4. The van der Waals surface area contributed by atoms with Gasteiger partial charge in [-0.2, -0.15) is 0 Å². The largest absolute Gasteiger partial charge is 0.497 e. The van der Waals surface area contributed by atoms with Crippen LogP contribution in [0.5, 0.6) is 5.75 Å². The number of methoxy groups -OCH3 is 1. The molecule has 3 rings (SSSR count). The lowest BCUT2D eigenvalue weighted by Gasteiger charge is -2.26. The van der Waals surface area contributed by atoms with Crippen LogP contribution in [0, 0.1) is 13.8 Å². The molecular weight excluding hydrogens is 382 g/mol. The van der Waals surface area contributed by atoms with Gasteiger partial charge in [-0.15, -0.1) is 0 Å². The Morgan fingerprint density at radius 3 is 2.40 bits per heavy atom. The number of urea groups is 1. The van der Waals surface area contributed by atoms with E-state index in [-0.39, 0.29) is 12.5 Å². The van der Waals surface area contributed by atoms with E-state index in [2.05, 4.69) is 5.32 Å². The molecule has 158 valence electrons. The second kappa shape index (κ2) is 8.18. The number of nitrogens with one attached hydrogen (secondary N) is 1. The predicted molar refractivity (Wildman–Crippen MR) is 115 cm³/mol. The van der Waals surface area contributed by atoms with Crippen LogP contribution in [0.25, 0.3) is 0 Å². The normalized spacial score (nSPS) is 18.4. The van der Waals surface area contributed by atoms with Gasteiger partial charge in [0.2, 0.25) is 5.91 Å². The molecule has 7 heteroatoms. The first kappa shape index (κ1) is 21.4. The van der Waals surface area contributed by atoms with Crippen molar-refractivity contribution in [3.63, 3.8) is 0 Å². The van der Waals surface area contributed by atoms with E-state index in [1.54, 1.807) is 43.2 Å². The van der Waals surface area contributed by atoms with Gasteiger partial charge in [0.05, 0.1) is 7.11 Å². The van der Waals surface area contributed by atoms with Crippen LogP contribution >= 0.6 is 0 Å². The third-order valence-electron chi connectivity index (χ3n) is 5.51. The van der Waals surface area contributed by atoms with Gasteiger partial charge < -0.3 is 15.0 Å². The van der Waals surface area contributed by atoms with Gasteiger partial charge in [0.15, 0.2) is 0 Å². The molecule has 1 N–H and O–H groups in total. The van der Waals surface area contributed by atoms with Gasteiger partial charge in [-0.3, -0.25) is 14.5 Å². The summed E-state index contributed by atoms with van der Waals surface area (Å²) in [6.45, 7) is 7.51. The molecule has 0 radical (unpaired) electrons. The quantitative estimate of drug-likeness (QED) is 0.744. The molecule has 1 saturated heterocycles. The molecular formula is C23H27N3O4. The molecule has 1 atom stereocenters. The number of anilines is 1. The highest BCUT2D eigenvalue weighted by atomic mass is 16.5. The number of likely N-dealkylation sites (N-methyl/N-ethyl adjacent to an activating group) is 1. The van der Waals surface area contributed by atoms with Gasteiger partial charge in [0, 0.05) is 12.2 Å². The van der Waals surface area contributed by atoms with E-state index in [9.17, 15) is 14.4 Å². The average Bonchev–Trinajstić information content (AvgIpc) is 2.95. The number of aryl methyl sites for hydroxylation is 2. The van der Waals surface area contributed by atoms with E-state index in [0.717, 1.165) is 21.7 Å². The lowest BCUT2D eigenvalue weighted by atomic mass is 9.92. The Balaban J connectivity index is 1.83. The van der Waals surface area contributed by atoms with E-state index in [4.69, 9.17) is 4.74 Å². The topological polar surface area (TPSA) is 79.0 Å². The zero-order chi connectivity index (χ0) is 22.1. The third kappa shape index (κ3) is 3.75. The molecule has 1 heterocycles. The highest BCUT2D eigenvalue weighted by molar-refractivity contribution is 6.10. The number of hydrogen-bond donors (Lipinski definition) is 1. The van der Waals surface area contributed by atoms with Gasteiger partial charge in [0.1, 0.15) is 17.8 Å². The Morgan fingerprint density at radius 2 is 1.80 bits per heavy atom. The van der Waals surface area contributed by atoms with Crippen LogP contribution in [0.15, 0.2) is 42.5 Å². The molecule has 0 aromatic heterocycles. The van der Waals surface area contributed by atoms with Crippen molar-refractivity contribution < 1.29 is 19.1 Å². The van der Waals surface area contributed by atoms with Gasteiger partial charge in [-0.1, -0.05) is 24.3 Å². The Bertz CT molecular complexity index is 986. The second-order valence-electron chi connectivity index (χ2n) is 7.60. The summed E-state index contributed by atoms with van der Waals surface area (Å²) in [5, 5.41) is 2.73. The van der Waals surface area contributed by atoms with Gasteiger partial charge in [-0.05, 0) is 62.6 Å². The number of benzene rings is 2. The Kier molecular flexibility index (Phi) is 5.82. The molecule has 1 aliphatic heterocycles. The van der Waals surface area contributed by atoms with E-state index < -0.39 is 17.5 Å². The standard InChI is InChI=1S/C23H27N3O4/c1-6-25(19-13-15(2)7-8-16(19)3)20(27)14-26-21(28)23(4,24-22(26)29)17-9-11-18(30-5)12-10-17/h7-13H,6,14H2,1-5H3,(H,24,29). The highest BCUT2D eigenvalue weighted by Gasteiger charge is 2.49. The fraction of sp³-hybridized carbons (Fsp3) is 0.348. The Hall–Kier alpha value is -3.35. The maximum Gasteiger partial charge on any atom is 0.325 e. The van der Waals surface area contributed by atoms with Crippen LogP contribution in [0.1, 0.15) is 30.5 Å². The second-order valence-corrected chi connectivity index (χ2v) is 7.60. The molecule has 0 aliphatic carbocycles. The number of carbonyl (C=O) groups is 3. The molecule has 0 bridgehead atoms. The molecule has 0 spiro atoms. The number of rotatable bonds is 6. The number of carbonyl (C=O) groups excluding carboxylic acids is 3. The lowest BCUT2D eigenvalue weighted by molar-refractivity contribution is -0.134. The maximum absolute atomic E-state index is 13.1. The number of imide groups is 1. The van der Waals surface area contributed by atoms with Crippen LogP contribution in [0.2, 0.25) is 0 Å². The summed E-state index contributed by atoms with van der Waals surface area (Å²) >= 11 is 0. The fourth-order valence-electron chi connectivity index (χ4n) is 3.67. The van der Waals surface area contributed by atoms with Crippen molar-refractivity contribution in [2.75, 3.05) is 25.1 Å². The smallest absolute Gasteiger partial charge is 0.325 e. The van der Waals surface area contributed by atoms with Crippen molar-refractivity contribution in [2.24, 2.45) is 0 Å². The summed E-state index contributed by atoms with van der Waals surface area (Å²) in [6.07, 6.45) is 0. The first-order valence-electron chi connectivity index (χ1n) is 9.87. The van der Waals surface area contributed by atoms with Crippen LogP contribution < -0.4 is 15.0 Å². The summed E-state index contributed by atoms with van der Waals surface area (Å²) in [5.41, 5.74) is 2.16.